The van der Waals surface area contributed by atoms with Gasteiger partial charge in [-0.15, -0.1) is 17.8 Å². The third-order valence-electron chi connectivity index (χ3n) is 13.0. The van der Waals surface area contributed by atoms with Crippen molar-refractivity contribution in [2.75, 3.05) is 26.4 Å². The number of alkyl halides is 2. The molecular weight excluding hydrogens is 901 g/mol. The fourth-order valence-electron chi connectivity index (χ4n) is 8.98. The third-order valence-corrected chi connectivity index (χ3v) is 14.2. The zero-order valence-electron chi connectivity index (χ0n) is 39.4. The minimum absolute atomic E-state index is 0.0220. The molecule has 3 atom stereocenters. The van der Waals surface area contributed by atoms with E-state index in [1.54, 1.807) is 17.6 Å². The molecule has 0 radical (unpaired) electrons. The SMILES string of the molecule is C#CC(=O)OCCCOc1ccc(CCOC(=O)C2CCC(C(=O)OCCc3ccc(C4CC(F)(F)C(OC(=O)C=C)CC4/C=N/c4ccc5sc6cc(C(C)(C)C)ccc6c5c4)cc3)CC2)cc1. The maximum Gasteiger partial charge on any atom is 0.384 e. The first-order chi connectivity index (χ1) is 33.1. The predicted molar refractivity (Wildman–Crippen MR) is 264 cm³/mol. The van der Waals surface area contributed by atoms with Gasteiger partial charge in [0, 0.05) is 70.0 Å². The first-order valence-electron chi connectivity index (χ1n) is 23.6. The van der Waals surface area contributed by atoms with Crippen LogP contribution in [-0.4, -0.2) is 68.5 Å². The number of ether oxygens (including phenoxy) is 5. The molecule has 0 amide bonds. The molecule has 7 rings (SSSR count). The molecular formula is C56H59F2NO9S. The normalized spacial score (nSPS) is 20.2. The molecule has 3 unspecified atom stereocenters. The number of hydrogen-bond donors (Lipinski definition) is 0. The smallest absolute Gasteiger partial charge is 0.384 e. The molecule has 0 spiro atoms. The lowest BCUT2D eigenvalue weighted by Gasteiger charge is -2.39. The minimum Gasteiger partial charge on any atom is -0.493 e. The highest BCUT2D eigenvalue weighted by atomic mass is 32.1. The number of aliphatic imine (C=N–C) groups is 1. The molecule has 1 heterocycles. The highest BCUT2D eigenvalue weighted by molar-refractivity contribution is 7.25. The van der Waals surface area contributed by atoms with Crippen molar-refractivity contribution in [3.63, 3.8) is 0 Å². The quantitative estimate of drug-likeness (QED) is 0.0160. The van der Waals surface area contributed by atoms with Crippen molar-refractivity contribution in [2.45, 2.75) is 102 Å². The Balaban J connectivity index is 0.879. The van der Waals surface area contributed by atoms with Crippen LogP contribution < -0.4 is 4.74 Å². The van der Waals surface area contributed by atoms with E-state index in [9.17, 15) is 19.2 Å². The number of thiophene rings is 1. The molecule has 0 N–H and O–H groups in total. The van der Waals surface area contributed by atoms with Crippen molar-refractivity contribution in [1.82, 2.24) is 0 Å². The van der Waals surface area contributed by atoms with Crippen molar-refractivity contribution < 1.29 is 51.6 Å². The van der Waals surface area contributed by atoms with E-state index in [0.717, 1.165) is 32.7 Å². The van der Waals surface area contributed by atoms with Gasteiger partial charge in [0.1, 0.15) is 5.75 Å². The Labute approximate surface area is 406 Å². The summed E-state index contributed by atoms with van der Waals surface area (Å²) in [7, 11) is 0. The molecule has 0 aliphatic heterocycles. The number of benzene rings is 4. The molecule has 69 heavy (non-hydrogen) atoms. The number of nitrogens with zero attached hydrogens (tertiary/aromatic N) is 1. The van der Waals surface area contributed by atoms with Gasteiger partial charge in [-0.05, 0) is 102 Å². The van der Waals surface area contributed by atoms with E-state index in [2.05, 4.69) is 45.5 Å². The van der Waals surface area contributed by atoms with E-state index in [0.29, 0.717) is 68.6 Å². The van der Waals surface area contributed by atoms with Gasteiger partial charge in [0.15, 0.2) is 6.10 Å². The van der Waals surface area contributed by atoms with E-state index in [4.69, 9.17) is 35.1 Å². The Morgan fingerprint density at radius 1 is 0.797 bits per heavy atom. The van der Waals surface area contributed by atoms with E-state index in [-0.39, 0.29) is 55.4 Å². The molecule has 13 heteroatoms. The van der Waals surface area contributed by atoms with Gasteiger partial charge >= 0.3 is 23.9 Å². The average molecular weight is 960 g/mol. The van der Waals surface area contributed by atoms with Crippen molar-refractivity contribution in [1.29, 1.82) is 0 Å². The van der Waals surface area contributed by atoms with Crippen LogP contribution >= 0.6 is 11.3 Å². The second kappa shape index (κ2) is 22.8. The molecule has 2 aliphatic carbocycles. The van der Waals surface area contributed by atoms with Crippen molar-refractivity contribution in [3.05, 3.63) is 120 Å². The van der Waals surface area contributed by atoms with Gasteiger partial charge in [0.05, 0.1) is 44.0 Å². The van der Waals surface area contributed by atoms with Crippen molar-refractivity contribution in [3.8, 4) is 18.1 Å². The number of esters is 4. The second-order valence-corrected chi connectivity index (χ2v) is 20.0. The number of terminal acetylenes is 1. The summed E-state index contributed by atoms with van der Waals surface area (Å²) in [5, 5.41) is 2.22. The van der Waals surface area contributed by atoms with Crippen molar-refractivity contribution >= 4 is 67.3 Å². The summed E-state index contributed by atoms with van der Waals surface area (Å²) in [6, 6.07) is 27.5. The Morgan fingerprint density at radius 3 is 2.04 bits per heavy atom. The lowest BCUT2D eigenvalue weighted by Crippen LogP contribution is -2.46. The molecule has 2 fully saturated rings. The molecule has 0 saturated heterocycles. The highest BCUT2D eigenvalue weighted by Crippen LogP contribution is 2.47. The van der Waals surface area contributed by atoms with Gasteiger partial charge in [0.2, 0.25) is 0 Å². The standard InChI is InChI=1S/C56H59F2NO9S/c1-6-51(60)65-28-8-27-64-44-21-11-37(12-22-44)26-30-67-54(63)40-17-15-39(16-18-40)53(62)66-29-25-36-9-13-38(14-10-36)47-34-56(57,58)50(68-52(61)7-2)31-41(47)35-59-43-20-24-48-46(33-43)45-23-19-42(55(3,4)5)32-49(45)69-48/h1,7,9-14,19-24,32-33,35,39-41,47,50H,2,8,15-18,25-31,34H2,3-5H3/b59-35+. The van der Waals surface area contributed by atoms with Crippen LogP contribution in [0.25, 0.3) is 20.2 Å². The molecule has 2 aliphatic rings. The van der Waals surface area contributed by atoms with Crippen LogP contribution in [0.15, 0.2) is 103 Å². The Morgan fingerprint density at radius 2 is 1.43 bits per heavy atom. The summed E-state index contributed by atoms with van der Waals surface area (Å²) in [6.45, 7) is 10.9. The van der Waals surface area contributed by atoms with Crippen LogP contribution in [0.1, 0.15) is 93.9 Å². The van der Waals surface area contributed by atoms with E-state index < -0.39 is 42.2 Å². The largest absolute Gasteiger partial charge is 0.493 e. The molecule has 0 bridgehead atoms. The summed E-state index contributed by atoms with van der Waals surface area (Å²) >= 11 is 1.73. The summed E-state index contributed by atoms with van der Waals surface area (Å²) < 4.78 is 60.7. The van der Waals surface area contributed by atoms with Gasteiger partial charge in [-0.2, -0.15) is 0 Å². The Hall–Kier alpha value is -6.39. The van der Waals surface area contributed by atoms with Crippen LogP contribution in [-0.2, 0) is 56.4 Å². The number of carbonyl (C=O) groups is 4. The molecule has 10 nitrogen and oxygen atoms in total. The molecule has 4 aromatic carbocycles. The molecule has 5 aromatic rings. The molecule has 1 aromatic heterocycles. The van der Waals surface area contributed by atoms with Gasteiger partial charge in [-0.1, -0.05) is 75.9 Å². The third kappa shape index (κ3) is 13.4. The van der Waals surface area contributed by atoms with E-state index in [1.165, 1.54) is 10.3 Å². The van der Waals surface area contributed by atoms with Crippen LogP contribution in [0.2, 0.25) is 0 Å². The minimum atomic E-state index is -3.28. The topological polar surface area (TPSA) is 127 Å². The first kappa shape index (κ1) is 50.5. The Kier molecular flexibility index (Phi) is 16.7. The van der Waals surface area contributed by atoms with Crippen LogP contribution in [0.5, 0.6) is 5.75 Å². The predicted octanol–water partition coefficient (Wildman–Crippen LogP) is 11.6. The summed E-state index contributed by atoms with van der Waals surface area (Å²) in [5.74, 6) is -4.52. The molecule has 362 valence electrons. The number of carbonyl (C=O) groups excluding carboxylic acids is 4. The fourth-order valence-corrected chi connectivity index (χ4v) is 10.1. The number of halogens is 2. The van der Waals surface area contributed by atoms with Gasteiger partial charge in [-0.3, -0.25) is 14.6 Å². The summed E-state index contributed by atoms with van der Waals surface area (Å²) in [6.07, 6.45) is 8.95. The van der Waals surface area contributed by atoms with Crippen LogP contribution in [0.4, 0.5) is 14.5 Å². The zero-order chi connectivity index (χ0) is 49.1. The fraction of sp³-hybridized carbons (Fsp3) is 0.411. The maximum absolute atomic E-state index is 15.7. The maximum atomic E-state index is 15.7. The Bertz CT molecular complexity index is 2690. The van der Waals surface area contributed by atoms with Gasteiger partial charge in [0.25, 0.3) is 5.92 Å². The molecule has 2 saturated carbocycles. The zero-order valence-corrected chi connectivity index (χ0v) is 40.2. The number of hydrogen-bond acceptors (Lipinski definition) is 11. The van der Waals surface area contributed by atoms with E-state index in [1.807, 2.05) is 72.7 Å². The number of fused-ring (bicyclic) bond motifs is 3. The van der Waals surface area contributed by atoms with Gasteiger partial charge < -0.3 is 23.7 Å². The first-order valence-corrected chi connectivity index (χ1v) is 24.4. The lowest BCUT2D eigenvalue weighted by molar-refractivity contribution is -0.181. The second-order valence-electron chi connectivity index (χ2n) is 18.9. The summed E-state index contributed by atoms with van der Waals surface area (Å²) in [5.41, 5.74) is 4.57. The van der Waals surface area contributed by atoms with Gasteiger partial charge in [-0.25, -0.2) is 18.4 Å². The average Bonchev–Trinajstić information content (AvgIpc) is 3.71. The van der Waals surface area contributed by atoms with Crippen molar-refractivity contribution in [2.24, 2.45) is 22.7 Å². The van der Waals surface area contributed by atoms with Crippen LogP contribution in [0, 0.1) is 30.1 Å². The van der Waals surface area contributed by atoms with Crippen LogP contribution in [0.3, 0.4) is 0 Å². The highest BCUT2D eigenvalue weighted by Gasteiger charge is 2.51. The summed E-state index contributed by atoms with van der Waals surface area (Å²) in [4.78, 5) is 53.8. The van der Waals surface area contributed by atoms with E-state index >= 15 is 8.78 Å². The lowest BCUT2D eigenvalue weighted by atomic mass is 9.73. The number of rotatable bonds is 18. The monoisotopic (exact) mass is 959 g/mol.